The number of carbonyl (C=O) groups is 2. The van der Waals surface area contributed by atoms with Crippen molar-refractivity contribution in [1.29, 1.82) is 0 Å². The lowest BCUT2D eigenvalue weighted by atomic mass is 10.1. The van der Waals surface area contributed by atoms with Crippen molar-refractivity contribution in [3.05, 3.63) is 48.0 Å². The van der Waals surface area contributed by atoms with Crippen molar-refractivity contribution >= 4 is 11.6 Å². The quantitative estimate of drug-likeness (QED) is 0.621. The molecule has 0 unspecified atom stereocenters. The molecule has 0 atom stereocenters. The van der Waals surface area contributed by atoms with Crippen LogP contribution >= 0.6 is 0 Å². The minimum atomic E-state index is -0.409. The van der Waals surface area contributed by atoms with Gasteiger partial charge in [0.05, 0.1) is 6.42 Å². The zero-order chi connectivity index (χ0) is 13.9. The molecule has 1 aromatic heterocycles. The number of fused-ring (bicyclic) bond motifs is 1. The summed E-state index contributed by atoms with van der Waals surface area (Å²) in [7, 11) is 0. The summed E-state index contributed by atoms with van der Waals surface area (Å²) in [5.41, 5.74) is 0.401. The third-order valence-corrected chi connectivity index (χ3v) is 2.83. The predicted molar refractivity (Wildman–Crippen MR) is 67.9 cm³/mol. The van der Waals surface area contributed by atoms with E-state index in [1.807, 2.05) is 0 Å². The molecule has 0 fully saturated rings. The summed E-state index contributed by atoms with van der Waals surface area (Å²) in [5.74, 6) is 0.439. The maximum Gasteiger partial charge on any atom is 0.231 e. The van der Waals surface area contributed by atoms with Gasteiger partial charge in [0.15, 0.2) is 23.1 Å². The van der Waals surface area contributed by atoms with Crippen molar-refractivity contribution in [3.8, 4) is 11.5 Å². The Labute approximate surface area is 114 Å². The summed E-state index contributed by atoms with van der Waals surface area (Å²) >= 11 is 0. The molecule has 1 aromatic carbocycles. The molecule has 0 saturated heterocycles. The second-order valence-electron chi connectivity index (χ2n) is 4.16. The van der Waals surface area contributed by atoms with Gasteiger partial charge in [0, 0.05) is 18.0 Å². The number of aromatic nitrogens is 2. The largest absolute Gasteiger partial charge is 0.454 e. The molecule has 0 radical (unpaired) electrons. The zero-order valence-electron chi connectivity index (χ0n) is 10.4. The Hall–Kier alpha value is -2.76. The molecule has 1 aliphatic heterocycles. The van der Waals surface area contributed by atoms with Gasteiger partial charge in [0.25, 0.3) is 0 Å². The summed E-state index contributed by atoms with van der Waals surface area (Å²) in [5, 5.41) is 0. The number of rotatable bonds is 4. The minimum absolute atomic E-state index is 0.0431. The van der Waals surface area contributed by atoms with Crippen LogP contribution in [0.3, 0.4) is 0 Å². The first-order valence-electron chi connectivity index (χ1n) is 5.97. The van der Waals surface area contributed by atoms with Gasteiger partial charge in [-0.1, -0.05) is 0 Å². The van der Waals surface area contributed by atoms with Crippen LogP contribution in [-0.4, -0.2) is 28.3 Å². The van der Waals surface area contributed by atoms with Gasteiger partial charge in [-0.15, -0.1) is 0 Å². The predicted octanol–water partition coefficient (Wildman–Crippen LogP) is 1.66. The molecule has 1 aliphatic rings. The molecule has 0 saturated carbocycles. The highest BCUT2D eigenvalue weighted by Crippen LogP contribution is 2.32. The van der Waals surface area contributed by atoms with E-state index < -0.39 is 5.78 Å². The zero-order valence-corrected chi connectivity index (χ0v) is 10.4. The molecule has 100 valence electrons. The fourth-order valence-corrected chi connectivity index (χ4v) is 1.84. The van der Waals surface area contributed by atoms with E-state index in [1.165, 1.54) is 12.4 Å². The molecule has 2 heterocycles. The van der Waals surface area contributed by atoms with E-state index in [4.69, 9.17) is 9.47 Å². The van der Waals surface area contributed by atoms with Gasteiger partial charge in [-0.05, 0) is 24.3 Å². The molecule has 0 aliphatic carbocycles. The number of ketones is 2. The van der Waals surface area contributed by atoms with Crippen LogP contribution in [0.15, 0.2) is 36.7 Å². The highest BCUT2D eigenvalue weighted by molar-refractivity contribution is 6.12. The second kappa shape index (κ2) is 5.08. The van der Waals surface area contributed by atoms with E-state index >= 15 is 0 Å². The molecule has 0 bridgehead atoms. The number of carbonyl (C=O) groups excluding carboxylic acids is 2. The minimum Gasteiger partial charge on any atom is -0.454 e. The fourth-order valence-electron chi connectivity index (χ4n) is 1.84. The average molecular weight is 270 g/mol. The molecule has 6 heteroatoms. The normalized spacial score (nSPS) is 12.2. The van der Waals surface area contributed by atoms with Crippen molar-refractivity contribution < 1.29 is 19.1 Å². The molecule has 2 aromatic rings. The van der Waals surface area contributed by atoms with E-state index in [1.54, 1.807) is 24.3 Å². The van der Waals surface area contributed by atoms with E-state index in [-0.39, 0.29) is 24.8 Å². The van der Waals surface area contributed by atoms with Crippen LogP contribution in [-0.2, 0) is 0 Å². The highest BCUT2D eigenvalue weighted by atomic mass is 16.7. The van der Waals surface area contributed by atoms with Gasteiger partial charge in [-0.3, -0.25) is 9.59 Å². The lowest BCUT2D eigenvalue weighted by Crippen LogP contribution is -2.11. The summed E-state index contributed by atoms with van der Waals surface area (Å²) < 4.78 is 10.4. The SMILES string of the molecule is O=C(CC(=O)c1ncccn1)c1ccc2c(c1)OCO2. The first kappa shape index (κ1) is 12.3. The Morgan fingerprint density at radius 3 is 2.60 bits per heavy atom. The third kappa shape index (κ3) is 2.35. The van der Waals surface area contributed by atoms with Crippen LogP contribution in [0.4, 0.5) is 0 Å². The van der Waals surface area contributed by atoms with Crippen molar-refractivity contribution in [3.63, 3.8) is 0 Å². The van der Waals surface area contributed by atoms with Crippen LogP contribution in [0.5, 0.6) is 11.5 Å². The molecular weight excluding hydrogens is 260 g/mol. The summed E-state index contributed by atoms with van der Waals surface area (Å²) in [6.07, 6.45) is 2.65. The second-order valence-corrected chi connectivity index (χ2v) is 4.16. The molecule has 0 N–H and O–H groups in total. The summed E-state index contributed by atoms with van der Waals surface area (Å²) in [4.78, 5) is 31.6. The Morgan fingerprint density at radius 1 is 1.05 bits per heavy atom. The number of nitrogens with zero attached hydrogens (tertiary/aromatic N) is 2. The summed E-state index contributed by atoms with van der Waals surface area (Å²) in [6, 6.07) is 6.44. The smallest absolute Gasteiger partial charge is 0.231 e. The van der Waals surface area contributed by atoms with Crippen LogP contribution in [0.25, 0.3) is 0 Å². The standard InChI is InChI=1S/C14H10N2O4/c17-10(7-11(18)14-15-4-1-5-16-14)9-2-3-12-13(6-9)20-8-19-12/h1-6H,7-8H2. The van der Waals surface area contributed by atoms with E-state index in [0.29, 0.717) is 17.1 Å². The number of hydrogen-bond donors (Lipinski definition) is 0. The molecule has 3 rings (SSSR count). The Morgan fingerprint density at radius 2 is 1.80 bits per heavy atom. The highest BCUT2D eigenvalue weighted by Gasteiger charge is 2.19. The molecule has 0 amide bonds. The van der Waals surface area contributed by atoms with E-state index in [9.17, 15) is 9.59 Å². The van der Waals surface area contributed by atoms with Crippen molar-refractivity contribution in [2.75, 3.05) is 6.79 Å². The van der Waals surface area contributed by atoms with Gasteiger partial charge in [0.2, 0.25) is 12.6 Å². The monoisotopic (exact) mass is 270 g/mol. The van der Waals surface area contributed by atoms with Crippen LogP contribution in [0.1, 0.15) is 27.4 Å². The van der Waals surface area contributed by atoms with Gasteiger partial charge in [-0.2, -0.15) is 0 Å². The van der Waals surface area contributed by atoms with Gasteiger partial charge in [0.1, 0.15) is 0 Å². The van der Waals surface area contributed by atoms with Crippen molar-refractivity contribution in [2.24, 2.45) is 0 Å². The van der Waals surface area contributed by atoms with Crippen molar-refractivity contribution in [2.45, 2.75) is 6.42 Å². The lowest BCUT2D eigenvalue weighted by Gasteiger charge is -2.02. The van der Waals surface area contributed by atoms with Gasteiger partial charge >= 0.3 is 0 Å². The average Bonchev–Trinajstić information content (AvgIpc) is 2.95. The molecule has 20 heavy (non-hydrogen) atoms. The number of hydrogen-bond acceptors (Lipinski definition) is 6. The van der Waals surface area contributed by atoms with Gasteiger partial charge < -0.3 is 9.47 Å². The first-order valence-corrected chi connectivity index (χ1v) is 5.97. The van der Waals surface area contributed by atoms with E-state index in [2.05, 4.69) is 9.97 Å². The third-order valence-electron chi connectivity index (χ3n) is 2.83. The maximum atomic E-state index is 12.1. The number of ether oxygens (including phenoxy) is 2. The maximum absolute atomic E-state index is 12.1. The fraction of sp³-hybridized carbons (Fsp3) is 0.143. The van der Waals surface area contributed by atoms with Crippen LogP contribution in [0, 0.1) is 0 Å². The van der Waals surface area contributed by atoms with Gasteiger partial charge in [-0.25, -0.2) is 9.97 Å². The van der Waals surface area contributed by atoms with E-state index in [0.717, 1.165) is 0 Å². The van der Waals surface area contributed by atoms with Crippen molar-refractivity contribution in [1.82, 2.24) is 9.97 Å². The number of Topliss-reactive ketones (excluding diaryl/α,β-unsaturated/α-hetero) is 2. The molecular formula is C14H10N2O4. The Bertz CT molecular complexity index is 670. The Kier molecular flexibility index (Phi) is 3.12. The summed E-state index contributed by atoms with van der Waals surface area (Å²) in [6.45, 7) is 0.143. The topological polar surface area (TPSA) is 78.4 Å². The number of benzene rings is 1. The molecule has 6 nitrogen and oxygen atoms in total. The molecule has 0 spiro atoms. The lowest BCUT2D eigenvalue weighted by molar-refractivity contribution is 0.0888. The van der Waals surface area contributed by atoms with Crippen LogP contribution < -0.4 is 9.47 Å². The first-order chi connectivity index (χ1) is 9.74. The van der Waals surface area contributed by atoms with Crippen LogP contribution in [0.2, 0.25) is 0 Å². The Balaban J connectivity index is 1.75.